The van der Waals surface area contributed by atoms with E-state index < -0.39 is 0 Å². The first-order valence-corrected chi connectivity index (χ1v) is 7.15. The highest BCUT2D eigenvalue weighted by Gasteiger charge is 2.15. The number of rotatable bonds is 6. The highest BCUT2D eigenvalue weighted by atomic mass is 79.9. The van der Waals surface area contributed by atoms with Gasteiger partial charge in [-0.15, -0.1) is 0 Å². The number of benzene rings is 1. The van der Waals surface area contributed by atoms with Gasteiger partial charge >= 0.3 is 6.03 Å². The van der Waals surface area contributed by atoms with Gasteiger partial charge in [0.05, 0.1) is 18.8 Å². The molecular formula is C14H21BrN2O3. The van der Waals surface area contributed by atoms with E-state index >= 15 is 0 Å². The first-order valence-electron chi connectivity index (χ1n) is 6.36. The lowest BCUT2D eigenvalue weighted by Crippen LogP contribution is -2.42. The Bertz CT molecular complexity index is 454. The van der Waals surface area contributed by atoms with Gasteiger partial charge < -0.3 is 20.1 Å². The molecule has 20 heavy (non-hydrogen) atoms. The van der Waals surface area contributed by atoms with Gasteiger partial charge in [0.15, 0.2) is 0 Å². The average Bonchev–Trinajstić information content (AvgIpc) is 2.41. The van der Waals surface area contributed by atoms with Gasteiger partial charge in [-0.1, -0.05) is 22.0 Å². The van der Waals surface area contributed by atoms with Crippen LogP contribution in [0.2, 0.25) is 0 Å². The zero-order chi connectivity index (χ0) is 15.1. The number of hydrogen-bond donors (Lipinski definition) is 2. The van der Waals surface area contributed by atoms with Gasteiger partial charge in [-0.25, -0.2) is 4.79 Å². The van der Waals surface area contributed by atoms with Gasteiger partial charge in [0.25, 0.3) is 0 Å². The van der Waals surface area contributed by atoms with E-state index in [9.17, 15) is 4.79 Å². The van der Waals surface area contributed by atoms with Gasteiger partial charge in [-0.05, 0) is 26.0 Å². The van der Waals surface area contributed by atoms with Crippen LogP contribution in [0.15, 0.2) is 22.7 Å². The van der Waals surface area contributed by atoms with Gasteiger partial charge in [0.1, 0.15) is 0 Å². The first kappa shape index (κ1) is 16.9. The molecule has 0 radical (unpaired) electrons. The largest absolute Gasteiger partial charge is 0.380 e. The van der Waals surface area contributed by atoms with E-state index in [1.165, 1.54) is 0 Å². The maximum Gasteiger partial charge on any atom is 0.319 e. The molecule has 112 valence electrons. The SMILES string of the molecule is COCc1c(Br)cccc1NC(=O)N[C@@H](C)C(C)OC. The number of nitrogens with one attached hydrogen (secondary N) is 2. The monoisotopic (exact) mass is 344 g/mol. The Morgan fingerprint density at radius 3 is 2.65 bits per heavy atom. The number of carbonyl (C=O) groups excluding carboxylic acids is 1. The van der Waals surface area contributed by atoms with Crippen molar-refractivity contribution in [2.75, 3.05) is 19.5 Å². The van der Waals surface area contributed by atoms with Gasteiger partial charge in [-0.2, -0.15) is 0 Å². The summed E-state index contributed by atoms with van der Waals surface area (Å²) in [7, 11) is 3.23. The van der Waals surface area contributed by atoms with E-state index in [0.29, 0.717) is 6.61 Å². The normalized spacial score (nSPS) is 13.7. The number of amides is 2. The molecule has 0 saturated carbocycles. The third kappa shape index (κ3) is 4.77. The van der Waals surface area contributed by atoms with Crippen LogP contribution in [0, 0.1) is 0 Å². The first-order chi connectivity index (χ1) is 9.49. The highest BCUT2D eigenvalue weighted by Crippen LogP contribution is 2.25. The Kier molecular flexibility index (Phi) is 6.98. The van der Waals surface area contributed by atoms with Crippen molar-refractivity contribution < 1.29 is 14.3 Å². The van der Waals surface area contributed by atoms with E-state index in [1.54, 1.807) is 14.2 Å². The van der Waals surface area contributed by atoms with E-state index in [1.807, 2.05) is 32.0 Å². The zero-order valence-corrected chi connectivity index (χ0v) is 13.8. The summed E-state index contributed by atoms with van der Waals surface area (Å²) in [6, 6.07) is 5.26. The van der Waals surface area contributed by atoms with Crippen molar-refractivity contribution >= 4 is 27.6 Å². The molecule has 1 aromatic rings. The molecule has 0 aliphatic rings. The lowest BCUT2D eigenvalue weighted by Gasteiger charge is -2.21. The average molecular weight is 345 g/mol. The van der Waals surface area contributed by atoms with E-state index in [2.05, 4.69) is 26.6 Å². The number of carbonyl (C=O) groups is 1. The summed E-state index contributed by atoms with van der Waals surface area (Å²) in [5.41, 5.74) is 1.62. The Labute approximate surface area is 128 Å². The molecule has 2 atom stereocenters. The van der Waals surface area contributed by atoms with Crippen LogP contribution in [0.4, 0.5) is 10.5 Å². The topological polar surface area (TPSA) is 59.6 Å². The van der Waals surface area contributed by atoms with Crippen LogP contribution in [0.3, 0.4) is 0 Å². The second-order valence-electron chi connectivity index (χ2n) is 4.53. The van der Waals surface area contributed by atoms with Crippen LogP contribution < -0.4 is 10.6 Å². The Balaban J connectivity index is 2.73. The molecule has 0 fully saturated rings. The number of halogens is 1. The van der Waals surface area contributed by atoms with E-state index in [4.69, 9.17) is 9.47 Å². The van der Waals surface area contributed by atoms with Crippen LogP contribution in [0.25, 0.3) is 0 Å². The minimum atomic E-state index is -0.267. The standard InChI is InChI=1S/C14H21BrN2O3/c1-9(10(2)20-4)16-14(18)17-13-7-5-6-12(15)11(13)8-19-3/h5-7,9-10H,8H2,1-4H3,(H2,16,17,18)/t9-,10?/m0/s1. The van der Waals surface area contributed by atoms with Crippen molar-refractivity contribution in [2.24, 2.45) is 0 Å². The number of anilines is 1. The molecule has 2 N–H and O–H groups in total. The Hall–Kier alpha value is -1.11. The zero-order valence-electron chi connectivity index (χ0n) is 12.2. The molecule has 1 unspecified atom stereocenters. The number of methoxy groups -OCH3 is 2. The molecule has 6 heteroatoms. The highest BCUT2D eigenvalue weighted by molar-refractivity contribution is 9.10. The lowest BCUT2D eigenvalue weighted by molar-refractivity contribution is 0.0920. The van der Waals surface area contributed by atoms with Crippen LogP contribution in [-0.2, 0) is 16.1 Å². The fraction of sp³-hybridized carbons (Fsp3) is 0.500. The fourth-order valence-electron chi connectivity index (χ4n) is 1.65. The van der Waals surface area contributed by atoms with Gasteiger partial charge in [0, 0.05) is 29.9 Å². The predicted molar refractivity (Wildman–Crippen MR) is 82.9 cm³/mol. The Morgan fingerprint density at radius 2 is 2.05 bits per heavy atom. The van der Waals surface area contributed by atoms with Crippen LogP contribution in [0.5, 0.6) is 0 Å². The quantitative estimate of drug-likeness (QED) is 0.833. The molecule has 0 aliphatic heterocycles. The van der Waals surface area contributed by atoms with Crippen molar-refractivity contribution in [1.82, 2.24) is 5.32 Å². The number of urea groups is 1. The molecule has 1 aromatic carbocycles. The maximum absolute atomic E-state index is 12.0. The molecular weight excluding hydrogens is 324 g/mol. The van der Waals surface area contributed by atoms with Crippen molar-refractivity contribution in [3.63, 3.8) is 0 Å². The minimum absolute atomic E-state index is 0.0540. The molecule has 0 aromatic heterocycles. The maximum atomic E-state index is 12.0. The lowest BCUT2D eigenvalue weighted by atomic mass is 10.2. The summed E-state index contributed by atoms with van der Waals surface area (Å²) in [6.45, 7) is 4.21. The number of hydrogen-bond acceptors (Lipinski definition) is 3. The summed E-state index contributed by atoms with van der Waals surface area (Å²) in [6.07, 6.45) is -0.0540. The van der Waals surface area contributed by atoms with Crippen LogP contribution >= 0.6 is 15.9 Å². The summed E-state index contributed by atoms with van der Waals surface area (Å²) in [5, 5.41) is 5.67. The van der Waals surface area contributed by atoms with Crippen LogP contribution in [-0.4, -0.2) is 32.4 Å². The van der Waals surface area contributed by atoms with E-state index in [-0.39, 0.29) is 18.2 Å². The summed E-state index contributed by atoms with van der Waals surface area (Å²) in [5.74, 6) is 0. The molecule has 2 amide bonds. The molecule has 0 saturated heterocycles. The molecule has 1 rings (SSSR count). The second kappa shape index (κ2) is 8.24. The molecule has 0 aliphatic carbocycles. The predicted octanol–water partition coefficient (Wildman–Crippen LogP) is 3.14. The second-order valence-corrected chi connectivity index (χ2v) is 5.38. The van der Waals surface area contributed by atoms with Crippen molar-refractivity contribution in [3.05, 3.63) is 28.2 Å². The third-order valence-corrected chi connectivity index (χ3v) is 3.83. The van der Waals surface area contributed by atoms with Crippen LogP contribution in [0.1, 0.15) is 19.4 Å². The molecule has 0 spiro atoms. The van der Waals surface area contributed by atoms with Crippen molar-refractivity contribution in [3.8, 4) is 0 Å². The summed E-state index contributed by atoms with van der Waals surface area (Å²) in [4.78, 5) is 12.0. The summed E-state index contributed by atoms with van der Waals surface area (Å²) < 4.78 is 11.2. The Morgan fingerprint density at radius 1 is 1.35 bits per heavy atom. The van der Waals surface area contributed by atoms with E-state index in [0.717, 1.165) is 15.7 Å². The third-order valence-electron chi connectivity index (χ3n) is 3.09. The van der Waals surface area contributed by atoms with Gasteiger partial charge in [0.2, 0.25) is 0 Å². The smallest absolute Gasteiger partial charge is 0.319 e. The molecule has 0 heterocycles. The minimum Gasteiger partial charge on any atom is -0.380 e. The van der Waals surface area contributed by atoms with Crippen molar-refractivity contribution in [1.29, 1.82) is 0 Å². The van der Waals surface area contributed by atoms with Crippen molar-refractivity contribution in [2.45, 2.75) is 32.6 Å². The summed E-state index contributed by atoms with van der Waals surface area (Å²) >= 11 is 3.45. The molecule has 5 nitrogen and oxygen atoms in total. The molecule has 0 bridgehead atoms. The van der Waals surface area contributed by atoms with Gasteiger partial charge in [-0.3, -0.25) is 0 Å². The fourth-order valence-corrected chi connectivity index (χ4v) is 2.13. The number of ether oxygens (including phenoxy) is 2.